The van der Waals surface area contributed by atoms with Crippen LogP contribution in [0.5, 0.6) is 57.5 Å². The first kappa shape index (κ1) is 68.1. The Morgan fingerprint density at radius 3 is 1.33 bits per heavy atom. The number of halogens is 1. The summed E-state index contributed by atoms with van der Waals surface area (Å²) in [5.41, 5.74) is 4.89. The number of pyridine rings is 2. The number of nitrogens with zero attached hydrogens (tertiary/aromatic N) is 7. The molecule has 0 spiro atoms. The van der Waals surface area contributed by atoms with E-state index in [1.165, 1.54) is 0 Å². The summed E-state index contributed by atoms with van der Waals surface area (Å²) in [6.07, 6.45) is 4.57. The molecule has 6 aromatic carbocycles. The number of aromatic nitrogens is 2. The number of alkyl halides is 1. The average Bonchev–Trinajstić information content (AvgIpc) is 1.20. The summed E-state index contributed by atoms with van der Waals surface area (Å²) in [7, 11) is 0.282. The normalized spacial score (nSPS) is 13.6. The number of rotatable bonds is 25. The summed E-state index contributed by atoms with van der Waals surface area (Å²) in [4.78, 5) is 11.2. The monoisotopic (exact) mass is 1300 g/mol. The summed E-state index contributed by atoms with van der Waals surface area (Å²) in [5.74, 6) is 6.89. The topological polar surface area (TPSA) is 261 Å². The lowest BCUT2D eigenvalue weighted by molar-refractivity contribution is 0.174. The van der Waals surface area contributed by atoms with Gasteiger partial charge in [-0.2, -0.15) is 19.1 Å². The SMILES string of the molecule is CCS(=O)(=O)N1CCN(CCCOc2cc3ncc(C#N)c(Nc4ccc(Oc5ccccc5OC)cc4)c3cc2OC)CC1.CCS(=O)(=O)N1CCNCC1.COc1cc2c(Nc3ccc(Oc4ccccc4OC)cc3)c(C#N)cnc2cc1OCCCCl. The number of hydrogen-bond acceptors (Lipinski definition) is 20. The van der Waals surface area contributed by atoms with Crippen molar-refractivity contribution in [2.24, 2.45) is 0 Å². The minimum atomic E-state index is -3.14. The highest BCUT2D eigenvalue weighted by molar-refractivity contribution is 7.89. The highest BCUT2D eigenvalue weighted by Crippen LogP contribution is 2.40. The molecule has 2 saturated heterocycles. The number of ether oxygens (including phenoxy) is 8. The molecule has 0 atom stereocenters. The lowest BCUT2D eigenvalue weighted by Crippen LogP contribution is -2.49. The van der Waals surface area contributed by atoms with Crippen LogP contribution in [0.1, 0.15) is 37.8 Å². The van der Waals surface area contributed by atoms with E-state index in [9.17, 15) is 27.4 Å². The molecule has 0 amide bonds. The van der Waals surface area contributed by atoms with Crippen LogP contribution in [-0.2, 0) is 20.0 Å². The third-order valence-electron chi connectivity index (χ3n) is 14.7. The molecule has 10 rings (SSSR count). The van der Waals surface area contributed by atoms with Crippen LogP contribution in [0, 0.1) is 22.7 Å². The van der Waals surface area contributed by atoms with Crippen LogP contribution in [0.2, 0.25) is 0 Å². The number of nitriles is 2. The van der Waals surface area contributed by atoms with E-state index < -0.39 is 20.0 Å². The average molecular weight is 1300 g/mol. The van der Waals surface area contributed by atoms with Gasteiger partial charge in [-0.3, -0.25) is 9.97 Å². The minimum Gasteiger partial charge on any atom is -0.493 e. The fraction of sp³-hybridized carbons (Fsp3) is 0.333. The van der Waals surface area contributed by atoms with Gasteiger partial charge in [0.1, 0.15) is 23.6 Å². The maximum Gasteiger partial charge on any atom is 0.213 e. The van der Waals surface area contributed by atoms with Gasteiger partial charge in [-0.1, -0.05) is 24.3 Å². The smallest absolute Gasteiger partial charge is 0.213 e. The van der Waals surface area contributed by atoms with Crippen molar-refractivity contribution in [2.45, 2.75) is 26.7 Å². The lowest BCUT2D eigenvalue weighted by atomic mass is 10.1. The summed E-state index contributed by atoms with van der Waals surface area (Å²) >= 11 is 5.76. The molecule has 3 N–H and O–H groups in total. The maximum absolute atomic E-state index is 12.1. The number of para-hydroxylation sites is 4. The standard InChI is InChI=1S/C33H37N5O6S.C27H24ClN3O4.C6H14N2O2S/c1-4-45(39,40)38-17-15-37(16-18-38)14-7-19-43-32-21-28-27(20-31(32)42-3)33(24(22-34)23-35-28)36-25-10-12-26(13-11-25)44-30-9-6-5-8-29(30)41-2;1-32-23-6-3-4-7-24(23)35-20-10-8-19(9-11-20)31-27-18(16-29)17-30-22-15-26(34-13-5-12-28)25(33-2)14-21(22)27;1-2-11(9,10)8-5-3-7-4-6-8/h5-6,8-13,20-21,23H,4,7,14-19H2,1-3H3,(H,35,36);3-4,6-11,14-15,17H,5,12-13H2,1-2H3,(H,30,31);7H,2-6H2,1H3. The fourth-order valence-corrected chi connectivity index (χ4v) is 12.1. The third kappa shape index (κ3) is 18.2. The number of nitrogens with one attached hydrogen (secondary N) is 3. The highest BCUT2D eigenvalue weighted by atomic mass is 35.5. The van der Waals surface area contributed by atoms with E-state index in [2.05, 4.69) is 43.0 Å². The van der Waals surface area contributed by atoms with Gasteiger partial charge < -0.3 is 58.7 Å². The van der Waals surface area contributed by atoms with Crippen LogP contribution in [0.3, 0.4) is 0 Å². The van der Waals surface area contributed by atoms with Crippen LogP contribution >= 0.6 is 11.6 Å². The Labute approximate surface area is 537 Å². The molecule has 0 radical (unpaired) electrons. The molecule has 25 heteroatoms. The zero-order valence-corrected chi connectivity index (χ0v) is 54.1. The summed E-state index contributed by atoms with van der Waals surface area (Å²) in [5, 5.41) is 30.8. The molecule has 0 aliphatic carbocycles. The predicted molar refractivity (Wildman–Crippen MR) is 354 cm³/mol. The first-order valence-electron chi connectivity index (χ1n) is 29.6. The zero-order chi connectivity index (χ0) is 64.8. The summed E-state index contributed by atoms with van der Waals surface area (Å²) < 4.78 is 95.6. The van der Waals surface area contributed by atoms with E-state index in [-0.39, 0.29) is 11.5 Å². The maximum atomic E-state index is 12.1. The Kier molecular flexibility index (Phi) is 24.9. The molecule has 8 aromatic rings. The van der Waals surface area contributed by atoms with Crippen molar-refractivity contribution >= 4 is 76.2 Å². The molecule has 480 valence electrons. The number of anilines is 4. The molecule has 0 saturated carbocycles. The Bertz CT molecular complexity index is 4030. The Balaban J connectivity index is 0.000000205. The van der Waals surface area contributed by atoms with Gasteiger partial charge in [0.25, 0.3) is 0 Å². The molecule has 4 heterocycles. The molecule has 0 bridgehead atoms. The van der Waals surface area contributed by atoms with Crippen molar-refractivity contribution in [3.8, 4) is 69.6 Å². The highest BCUT2D eigenvalue weighted by Gasteiger charge is 2.26. The van der Waals surface area contributed by atoms with Gasteiger partial charge in [-0.25, -0.2) is 16.8 Å². The molecule has 91 heavy (non-hydrogen) atoms. The van der Waals surface area contributed by atoms with Crippen molar-refractivity contribution in [1.29, 1.82) is 10.5 Å². The van der Waals surface area contributed by atoms with Crippen LogP contribution in [-0.4, -0.2) is 158 Å². The van der Waals surface area contributed by atoms with Crippen molar-refractivity contribution in [1.82, 2.24) is 28.8 Å². The van der Waals surface area contributed by atoms with Crippen LogP contribution < -0.4 is 53.8 Å². The number of piperazine rings is 2. The van der Waals surface area contributed by atoms with Gasteiger partial charge in [0.15, 0.2) is 46.0 Å². The Hall–Kier alpha value is -8.85. The van der Waals surface area contributed by atoms with Gasteiger partial charge >= 0.3 is 0 Å². The Morgan fingerprint density at radius 2 is 0.934 bits per heavy atom. The van der Waals surface area contributed by atoms with E-state index >= 15 is 0 Å². The van der Waals surface area contributed by atoms with E-state index in [0.29, 0.717) is 161 Å². The Morgan fingerprint density at radius 1 is 0.527 bits per heavy atom. The van der Waals surface area contributed by atoms with E-state index in [1.54, 1.807) is 69.4 Å². The van der Waals surface area contributed by atoms with E-state index in [1.807, 2.05) is 115 Å². The molecular formula is C66H75ClN10O12S2. The number of benzene rings is 6. The first-order valence-corrected chi connectivity index (χ1v) is 33.3. The molecule has 2 aliphatic rings. The lowest BCUT2D eigenvalue weighted by Gasteiger charge is -2.33. The van der Waals surface area contributed by atoms with Crippen molar-refractivity contribution in [2.75, 3.05) is 129 Å². The predicted octanol–water partition coefficient (Wildman–Crippen LogP) is 11.3. The van der Waals surface area contributed by atoms with E-state index in [4.69, 9.17) is 49.5 Å². The fourth-order valence-electron chi connectivity index (χ4n) is 9.77. The molecule has 2 fully saturated rings. The first-order chi connectivity index (χ1) is 44.2. The van der Waals surface area contributed by atoms with Crippen LogP contribution in [0.15, 0.2) is 134 Å². The van der Waals surface area contributed by atoms with E-state index in [0.717, 1.165) is 42.8 Å². The van der Waals surface area contributed by atoms with Gasteiger partial charge in [0.2, 0.25) is 20.0 Å². The molecule has 2 aliphatic heterocycles. The van der Waals surface area contributed by atoms with Gasteiger partial charge in [-0.05, 0) is 112 Å². The van der Waals surface area contributed by atoms with Crippen molar-refractivity contribution in [3.63, 3.8) is 0 Å². The largest absolute Gasteiger partial charge is 0.493 e. The number of fused-ring (bicyclic) bond motifs is 2. The molecule has 0 unspecified atom stereocenters. The van der Waals surface area contributed by atoms with Crippen molar-refractivity contribution < 1.29 is 54.7 Å². The summed E-state index contributed by atoms with van der Waals surface area (Å²) in [6, 6.07) is 41.4. The van der Waals surface area contributed by atoms with Gasteiger partial charge in [0, 0.05) is 111 Å². The van der Waals surface area contributed by atoms with Crippen LogP contribution in [0.25, 0.3) is 21.8 Å². The molecule has 2 aromatic heterocycles. The number of sulfonamides is 2. The molecule has 22 nitrogen and oxygen atoms in total. The summed E-state index contributed by atoms with van der Waals surface area (Å²) in [6.45, 7) is 10.3. The zero-order valence-electron chi connectivity index (χ0n) is 51.7. The quantitative estimate of drug-likeness (QED) is 0.0355. The number of hydrogen-bond donors (Lipinski definition) is 3. The van der Waals surface area contributed by atoms with Gasteiger partial charge in [0.05, 0.1) is 86.7 Å². The second kappa shape index (κ2) is 33.3. The van der Waals surface area contributed by atoms with Crippen molar-refractivity contribution in [3.05, 3.63) is 145 Å². The number of methoxy groups -OCH3 is 4. The third-order valence-corrected chi connectivity index (χ3v) is 18.8. The molecular weight excluding hydrogens is 1220 g/mol. The minimum absolute atomic E-state index is 0.132. The second-order valence-electron chi connectivity index (χ2n) is 20.4. The van der Waals surface area contributed by atoms with Gasteiger partial charge in [-0.15, -0.1) is 11.6 Å². The van der Waals surface area contributed by atoms with Crippen LogP contribution in [0.4, 0.5) is 22.7 Å². The second-order valence-corrected chi connectivity index (χ2v) is 25.3.